The first kappa shape index (κ1) is 26.2. The van der Waals surface area contributed by atoms with E-state index in [1.54, 1.807) is 55.6 Å². The van der Waals surface area contributed by atoms with Crippen molar-refractivity contribution in [1.82, 2.24) is 20.4 Å². The monoisotopic (exact) mass is 480 g/mol. The van der Waals surface area contributed by atoms with Crippen molar-refractivity contribution in [2.24, 2.45) is 0 Å². The molecule has 0 aliphatic carbocycles. The van der Waals surface area contributed by atoms with E-state index in [1.807, 2.05) is 13.8 Å². The first-order valence-corrected chi connectivity index (χ1v) is 12.3. The van der Waals surface area contributed by atoms with Crippen LogP contribution in [0, 0.1) is 0 Å². The van der Waals surface area contributed by atoms with Crippen molar-refractivity contribution in [1.29, 1.82) is 0 Å². The molecule has 2 aliphatic heterocycles. The molecule has 3 aromatic rings. The minimum absolute atomic E-state index is 0.0547. The van der Waals surface area contributed by atoms with Crippen molar-refractivity contribution < 1.29 is 19.2 Å². The van der Waals surface area contributed by atoms with Crippen molar-refractivity contribution in [3.63, 3.8) is 0 Å². The molecule has 2 aromatic carbocycles. The number of nitrogens with one attached hydrogen (secondary N) is 1. The van der Waals surface area contributed by atoms with Gasteiger partial charge in [-0.3, -0.25) is 4.79 Å². The first-order chi connectivity index (χ1) is 17.0. The summed E-state index contributed by atoms with van der Waals surface area (Å²) in [6.07, 6.45) is 7.36. The van der Waals surface area contributed by atoms with E-state index in [0.29, 0.717) is 11.3 Å². The van der Waals surface area contributed by atoms with Gasteiger partial charge in [0.2, 0.25) is 0 Å². The summed E-state index contributed by atoms with van der Waals surface area (Å²) in [4.78, 5) is 18.7. The maximum atomic E-state index is 12.1. The van der Waals surface area contributed by atoms with Crippen molar-refractivity contribution in [2.75, 3.05) is 14.2 Å². The maximum Gasteiger partial charge on any atom is 0.292 e. The SMILES string of the molecule is CC.CN1C2CCCC1CC2.COc1ccc(-c2nc(C(=O)NCc3cccc(O)c3)no2)cc1. The highest BCUT2D eigenvalue weighted by Gasteiger charge is 2.33. The van der Waals surface area contributed by atoms with Crippen LogP contribution in [0.5, 0.6) is 11.5 Å². The van der Waals surface area contributed by atoms with Gasteiger partial charge in [-0.25, -0.2) is 0 Å². The highest BCUT2D eigenvalue weighted by atomic mass is 16.5. The van der Waals surface area contributed by atoms with Crippen LogP contribution in [0.15, 0.2) is 53.1 Å². The minimum atomic E-state index is -0.457. The zero-order valence-electron chi connectivity index (χ0n) is 21.0. The van der Waals surface area contributed by atoms with Crippen LogP contribution in [0.3, 0.4) is 0 Å². The molecule has 1 aromatic heterocycles. The highest BCUT2D eigenvalue weighted by Crippen LogP contribution is 2.33. The Hall–Kier alpha value is -3.39. The number of hydrogen-bond acceptors (Lipinski definition) is 7. The fourth-order valence-corrected chi connectivity index (χ4v) is 4.47. The van der Waals surface area contributed by atoms with Gasteiger partial charge in [0.05, 0.1) is 7.11 Å². The summed E-state index contributed by atoms with van der Waals surface area (Å²) < 4.78 is 10.2. The second-order valence-corrected chi connectivity index (χ2v) is 8.49. The number of carbonyl (C=O) groups is 1. The molecule has 0 saturated carbocycles. The molecule has 2 atom stereocenters. The zero-order chi connectivity index (χ0) is 25.2. The zero-order valence-corrected chi connectivity index (χ0v) is 21.0. The molecule has 3 heterocycles. The Balaban J connectivity index is 0.000000257. The van der Waals surface area contributed by atoms with Gasteiger partial charge in [-0.1, -0.05) is 37.6 Å². The van der Waals surface area contributed by atoms with Gasteiger partial charge in [-0.2, -0.15) is 4.98 Å². The molecule has 5 rings (SSSR count). The molecule has 2 bridgehead atoms. The number of methoxy groups -OCH3 is 1. The van der Waals surface area contributed by atoms with Crippen LogP contribution in [0.25, 0.3) is 11.5 Å². The van der Waals surface area contributed by atoms with Crippen molar-refractivity contribution >= 4 is 5.91 Å². The van der Waals surface area contributed by atoms with Crippen LogP contribution in [0.1, 0.15) is 62.1 Å². The smallest absolute Gasteiger partial charge is 0.292 e. The van der Waals surface area contributed by atoms with E-state index in [-0.39, 0.29) is 24.0 Å². The third kappa shape index (κ3) is 7.05. The number of aromatic hydroxyl groups is 1. The van der Waals surface area contributed by atoms with Crippen molar-refractivity contribution in [3.05, 3.63) is 59.9 Å². The van der Waals surface area contributed by atoms with Crippen LogP contribution in [0.2, 0.25) is 0 Å². The minimum Gasteiger partial charge on any atom is -0.508 e. The lowest BCUT2D eigenvalue weighted by molar-refractivity contribution is 0.0937. The largest absolute Gasteiger partial charge is 0.508 e. The lowest BCUT2D eigenvalue weighted by Crippen LogP contribution is -2.35. The quantitative estimate of drug-likeness (QED) is 0.528. The van der Waals surface area contributed by atoms with Gasteiger partial charge in [0.25, 0.3) is 17.6 Å². The van der Waals surface area contributed by atoms with E-state index in [4.69, 9.17) is 9.26 Å². The van der Waals surface area contributed by atoms with Gasteiger partial charge in [0.15, 0.2) is 0 Å². The molecular weight excluding hydrogens is 444 g/mol. The molecule has 0 radical (unpaired) electrons. The molecule has 2 unspecified atom stereocenters. The molecule has 2 aliphatic rings. The summed E-state index contributed by atoms with van der Waals surface area (Å²) in [5, 5.41) is 15.8. The molecule has 2 fully saturated rings. The van der Waals surface area contributed by atoms with Gasteiger partial charge in [0, 0.05) is 24.2 Å². The van der Waals surface area contributed by atoms with E-state index >= 15 is 0 Å². The van der Waals surface area contributed by atoms with Crippen LogP contribution in [-0.4, -0.2) is 52.3 Å². The lowest BCUT2D eigenvalue weighted by atomic mass is 10.0. The number of benzene rings is 2. The van der Waals surface area contributed by atoms with E-state index in [0.717, 1.165) is 17.6 Å². The number of fused-ring (bicyclic) bond motifs is 2. The summed E-state index contributed by atoms with van der Waals surface area (Å²) in [6, 6.07) is 15.6. The third-order valence-corrected chi connectivity index (χ3v) is 6.39. The number of phenols is 1. The highest BCUT2D eigenvalue weighted by molar-refractivity contribution is 5.90. The number of phenolic OH excluding ortho intramolecular Hbond substituents is 1. The Morgan fingerprint density at radius 3 is 2.40 bits per heavy atom. The van der Waals surface area contributed by atoms with Crippen LogP contribution < -0.4 is 10.1 Å². The number of carbonyl (C=O) groups excluding carboxylic acids is 1. The summed E-state index contributed by atoms with van der Waals surface area (Å²) in [6.45, 7) is 4.25. The van der Waals surface area contributed by atoms with E-state index < -0.39 is 5.91 Å². The summed E-state index contributed by atoms with van der Waals surface area (Å²) >= 11 is 0. The average Bonchev–Trinajstić information content (AvgIpc) is 3.44. The third-order valence-electron chi connectivity index (χ3n) is 6.39. The van der Waals surface area contributed by atoms with Crippen molar-refractivity contribution in [3.8, 4) is 23.0 Å². The molecule has 35 heavy (non-hydrogen) atoms. The Kier molecular flexibility index (Phi) is 9.66. The maximum absolute atomic E-state index is 12.1. The second-order valence-electron chi connectivity index (χ2n) is 8.49. The number of ether oxygens (including phenoxy) is 1. The van der Waals surface area contributed by atoms with Gasteiger partial charge in [-0.15, -0.1) is 0 Å². The average molecular weight is 481 g/mol. The number of piperidine rings is 1. The van der Waals surface area contributed by atoms with Gasteiger partial charge in [0.1, 0.15) is 11.5 Å². The summed E-state index contributed by atoms with van der Waals surface area (Å²) in [7, 11) is 3.87. The molecule has 8 heteroatoms. The molecule has 1 amide bonds. The van der Waals surface area contributed by atoms with Gasteiger partial charge in [-0.05, 0) is 74.7 Å². The Morgan fingerprint density at radius 2 is 1.80 bits per heavy atom. The first-order valence-electron chi connectivity index (χ1n) is 12.3. The van der Waals surface area contributed by atoms with Crippen molar-refractivity contribution in [2.45, 2.75) is 64.6 Å². The predicted octanol–water partition coefficient (Wildman–Crippen LogP) is 5.04. The topological polar surface area (TPSA) is 101 Å². The van der Waals surface area contributed by atoms with E-state index in [9.17, 15) is 9.90 Å². The summed E-state index contributed by atoms with van der Waals surface area (Å²) in [5.74, 6) is 0.591. The Labute approximate surface area is 207 Å². The fraction of sp³-hybridized carbons (Fsp3) is 0.444. The van der Waals surface area contributed by atoms with Gasteiger partial charge >= 0.3 is 0 Å². The standard InChI is InChI=1S/C17H15N3O4.C8H15N.C2H6/c1-23-14-7-5-12(6-8-14)17-19-15(20-24-17)16(22)18-10-11-3-2-4-13(21)9-11;1-9-7-3-2-4-8(9)6-5-7;1-2/h2-9,21H,10H2,1H3,(H,18,22);7-8H,2-6H2,1H3;1-2H3. The second kappa shape index (κ2) is 12.9. The molecule has 2 N–H and O–H groups in total. The molecular formula is C27H36N4O4. The molecule has 2 saturated heterocycles. The van der Waals surface area contributed by atoms with Crippen LogP contribution in [0.4, 0.5) is 0 Å². The number of aromatic nitrogens is 2. The molecule has 0 spiro atoms. The number of nitrogens with zero attached hydrogens (tertiary/aromatic N) is 3. The van der Waals surface area contributed by atoms with E-state index in [1.165, 1.54) is 32.1 Å². The normalized spacial score (nSPS) is 18.5. The molecule has 188 valence electrons. The van der Waals surface area contributed by atoms with Crippen LogP contribution >= 0.6 is 0 Å². The number of hydrogen-bond donors (Lipinski definition) is 2. The number of rotatable bonds is 5. The molecule has 8 nitrogen and oxygen atoms in total. The Bertz CT molecular complexity index is 1050. The fourth-order valence-electron chi connectivity index (χ4n) is 4.47. The summed E-state index contributed by atoms with van der Waals surface area (Å²) in [5.41, 5.74) is 1.46. The predicted molar refractivity (Wildman–Crippen MR) is 135 cm³/mol. The van der Waals surface area contributed by atoms with Crippen LogP contribution in [-0.2, 0) is 6.54 Å². The lowest BCUT2D eigenvalue weighted by Gasteiger charge is -2.30. The number of amides is 1. The Morgan fingerprint density at radius 1 is 1.11 bits per heavy atom. The van der Waals surface area contributed by atoms with E-state index in [2.05, 4.69) is 27.4 Å². The van der Waals surface area contributed by atoms with Gasteiger partial charge < -0.3 is 24.6 Å².